The molecule has 2 N–H and O–H groups in total. The van der Waals surface area contributed by atoms with Gasteiger partial charge in [-0.3, -0.25) is 9.59 Å². The van der Waals surface area contributed by atoms with E-state index in [1.165, 1.54) is 11.3 Å². The zero-order valence-corrected chi connectivity index (χ0v) is 18.6. The molecule has 0 bridgehead atoms. The van der Waals surface area contributed by atoms with E-state index in [2.05, 4.69) is 15.5 Å². The summed E-state index contributed by atoms with van der Waals surface area (Å²) >= 11 is 6.08. The predicted molar refractivity (Wildman–Crippen MR) is 122 cm³/mol. The average molecular weight is 428 g/mol. The molecule has 160 valence electrons. The van der Waals surface area contributed by atoms with Gasteiger partial charge in [-0.2, -0.15) is 0 Å². The summed E-state index contributed by atoms with van der Waals surface area (Å²) in [6, 6.07) is 12.8. The van der Waals surface area contributed by atoms with Gasteiger partial charge in [-0.05, 0) is 61.6 Å². The number of anilines is 1. The molecule has 1 heterocycles. The van der Waals surface area contributed by atoms with E-state index in [-0.39, 0.29) is 17.7 Å². The molecule has 1 aliphatic rings. The van der Waals surface area contributed by atoms with Crippen molar-refractivity contribution in [1.29, 1.82) is 0 Å². The number of hydrogen-bond donors (Lipinski definition) is 2. The van der Waals surface area contributed by atoms with Crippen molar-refractivity contribution in [2.45, 2.75) is 39.7 Å². The highest BCUT2D eigenvalue weighted by Gasteiger charge is 2.23. The molecule has 2 amide bonds. The molecule has 0 saturated carbocycles. The van der Waals surface area contributed by atoms with Crippen molar-refractivity contribution in [3.8, 4) is 0 Å². The minimum absolute atomic E-state index is 0.139. The Balaban J connectivity index is 1.56. The van der Waals surface area contributed by atoms with Crippen LogP contribution in [0.2, 0.25) is 5.02 Å². The summed E-state index contributed by atoms with van der Waals surface area (Å²) in [6.07, 6.45) is 1.56. The van der Waals surface area contributed by atoms with Crippen LogP contribution in [0.3, 0.4) is 0 Å². The molecular weight excluding hydrogens is 398 g/mol. The number of benzene rings is 2. The molecule has 0 aliphatic carbocycles. The molecule has 2 aromatic rings. The molecule has 0 saturated heterocycles. The van der Waals surface area contributed by atoms with E-state index in [1.807, 2.05) is 57.2 Å². The normalized spacial score (nSPS) is 13.8. The minimum Gasteiger partial charge on any atom is -0.369 e. The van der Waals surface area contributed by atoms with E-state index in [4.69, 9.17) is 11.6 Å². The fourth-order valence-electron chi connectivity index (χ4n) is 3.84. The van der Waals surface area contributed by atoms with E-state index >= 15 is 0 Å². The van der Waals surface area contributed by atoms with E-state index < -0.39 is 6.04 Å². The number of fused-ring (bicyclic) bond motifs is 1. The third-order valence-corrected chi connectivity index (χ3v) is 5.56. The van der Waals surface area contributed by atoms with Crippen LogP contribution < -0.4 is 15.5 Å². The van der Waals surface area contributed by atoms with Gasteiger partial charge >= 0.3 is 0 Å². The van der Waals surface area contributed by atoms with Crippen molar-refractivity contribution < 1.29 is 9.59 Å². The number of hydrogen-bond acceptors (Lipinski definition) is 3. The molecule has 6 heteroatoms. The van der Waals surface area contributed by atoms with Gasteiger partial charge in [-0.15, -0.1) is 0 Å². The Morgan fingerprint density at radius 1 is 1.17 bits per heavy atom. The number of nitrogens with zero attached hydrogens (tertiary/aromatic N) is 1. The van der Waals surface area contributed by atoms with Crippen LogP contribution in [0.15, 0.2) is 42.5 Å². The standard InChI is InChI=1S/C24H30ClN3O2/c1-16(2)13-21(27-23(29)19-6-4-5-17(3)14-19)24(30)26-10-12-28-11-9-18-15-20(25)7-8-22(18)28/h4-8,14-16,21H,9-13H2,1-3H3,(H,26,30)(H,27,29)/t21-/m0/s1. The lowest BCUT2D eigenvalue weighted by Crippen LogP contribution is -2.48. The van der Waals surface area contributed by atoms with Gasteiger partial charge in [0.1, 0.15) is 6.04 Å². The highest BCUT2D eigenvalue weighted by molar-refractivity contribution is 6.30. The predicted octanol–water partition coefficient (Wildman–Crippen LogP) is 3.97. The SMILES string of the molecule is Cc1cccc(C(=O)N[C@@H](CC(C)C)C(=O)NCCN2CCc3cc(Cl)ccc32)c1. The number of nitrogens with one attached hydrogen (secondary N) is 2. The van der Waals surface area contributed by atoms with Gasteiger partial charge in [-0.25, -0.2) is 0 Å². The van der Waals surface area contributed by atoms with Crippen LogP contribution in [0.1, 0.15) is 41.8 Å². The molecule has 3 rings (SSSR count). The van der Waals surface area contributed by atoms with Crippen LogP contribution in [0.5, 0.6) is 0 Å². The number of aryl methyl sites for hydroxylation is 1. The molecule has 1 atom stereocenters. The van der Waals surface area contributed by atoms with Crippen LogP contribution in [0, 0.1) is 12.8 Å². The summed E-state index contributed by atoms with van der Waals surface area (Å²) < 4.78 is 0. The summed E-state index contributed by atoms with van der Waals surface area (Å²) in [4.78, 5) is 27.7. The molecule has 0 spiro atoms. The first-order valence-corrected chi connectivity index (χ1v) is 10.9. The molecular formula is C24H30ClN3O2. The first-order valence-electron chi connectivity index (χ1n) is 10.5. The van der Waals surface area contributed by atoms with Crippen LogP contribution in [0.4, 0.5) is 5.69 Å². The van der Waals surface area contributed by atoms with Gasteiger partial charge in [0.2, 0.25) is 5.91 Å². The molecule has 30 heavy (non-hydrogen) atoms. The quantitative estimate of drug-likeness (QED) is 0.670. The van der Waals surface area contributed by atoms with Gasteiger partial charge in [0, 0.05) is 35.9 Å². The van der Waals surface area contributed by atoms with Crippen molar-refractivity contribution in [1.82, 2.24) is 10.6 Å². The lowest BCUT2D eigenvalue weighted by Gasteiger charge is -2.23. The monoisotopic (exact) mass is 427 g/mol. The lowest BCUT2D eigenvalue weighted by molar-refractivity contribution is -0.123. The maximum Gasteiger partial charge on any atom is 0.251 e. The summed E-state index contributed by atoms with van der Waals surface area (Å²) in [5.74, 6) is -0.0705. The lowest BCUT2D eigenvalue weighted by atomic mass is 10.0. The van der Waals surface area contributed by atoms with Crippen LogP contribution in [-0.2, 0) is 11.2 Å². The van der Waals surface area contributed by atoms with Crippen molar-refractivity contribution in [2.75, 3.05) is 24.5 Å². The highest BCUT2D eigenvalue weighted by Crippen LogP contribution is 2.29. The highest BCUT2D eigenvalue weighted by atomic mass is 35.5. The third kappa shape index (κ3) is 5.76. The number of amides is 2. The average Bonchev–Trinajstić information content (AvgIpc) is 3.09. The van der Waals surface area contributed by atoms with E-state index in [9.17, 15) is 9.59 Å². The van der Waals surface area contributed by atoms with Gasteiger partial charge in [-0.1, -0.05) is 43.1 Å². The molecule has 0 aromatic heterocycles. The smallest absolute Gasteiger partial charge is 0.251 e. The fraction of sp³-hybridized carbons (Fsp3) is 0.417. The van der Waals surface area contributed by atoms with Crippen molar-refractivity contribution >= 4 is 29.1 Å². The largest absolute Gasteiger partial charge is 0.369 e. The number of halogens is 1. The maximum absolute atomic E-state index is 12.8. The first kappa shape index (κ1) is 22.2. The zero-order chi connectivity index (χ0) is 21.7. The molecule has 0 unspecified atom stereocenters. The van der Waals surface area contributed by atoms with Crippen molar-refractivity contribution in [2.24, 2.45) is 5.92 Å². The molecule has 0 radical (unpaired) electrons. The molecule has 2 aromatic carbocycles. The van der Waals surface area contributed by atoms with E-state index in [0.29, 0.717) is 18.5 Å². The number of carbonyl (C=O) groups is 2. The summed E-state index contributed by atoms with van der Waals surface area (Å²) in [7, 11) is 0. The Morgan fingerprint density at radius 2 is 1.97 bits per heavy atom. The van der Waals surface area contributed by atoms with Gasteiger partial charge in [0.15, 0.2) is 0 Å². The van der Waals surface area contributed by atoms with Crippen molar-refractivity contribution in [3.05, 3.63) is 64.2 Å². The van der Waals surface area contributed by atoms with Gasteiger partial charge < -0.3 is 15.5 Å². The second-order valence-electron chi connectivity index (χ2n) is 8.33. The zero-order valence-electron chi connectivity index (χ0n) is 17.9. The topological polar surface area (TPSA) is 61.4 Å². The Labute approximate surface area is 183 Å². The maximum atomic E-state index is 12.8. The second kappa shape index (κ2) is 9.98. The Kier molecular flexibility index (Phi) is 7.38. The van der Waals surface area contributed by atoms with Gasteiger partial charge in [0.25, 0.3) is 5.91 Å². The number of carbonyl (C=O) groups excluding carboxylic acids is 2. The summed E-state index contributed by atoms with van der Waals surface area (Å²) in [5, 5.41) is 6.67. The fourth-order valence-corrected chi connectivity index (χ4v) is 4.03. The Morgan fingerprint density at radius 3 is 2.70 bits per heavy atom. The number of rotatable bonds is 8. The van der Waals surface area contributed by atoms with Crippen molar-refractivity contribution in [3.63, 3.8) is 0 Å². The van der Waals surface area contributed by atoms with E-state index in [1.54, 1.807) is 6.07 Å². The first-order chi connectivity index (χ1) is 14.3. The second-order valence-corrected chi connectivity index (χ2v) is 8.76. The van der Waals surface area contributed by atoms with E-state index in [0.717, 1.165) is 30.1 Å². The van der Waals surface area contributed by atoms with Crippen LogP contribution in [0.25, 0.3) is 0 Å². The Hall–Kier alpha value is -2.53. The summed E-state index contributed by atoms with van der Waals surface area (Å²) in [5.41, 5.74) is 4.01. The molecule has 0 fully saturated rings. The Bertz CT molecular complexity index is 913. The summed E-state index contributed by atoms with van der Waals surface area (Å²) in [6.45, 7) is 8.21. The molecule has 1 aliphatic heterocycles. The van der Waals surface area contributed by atoms with Gasteiger partial charge in [0.05, 0.1) is 0 Å². The minimum atomic E-state index is -0.553. The van der Waals surface area contributed by atoms with Crippen LogP contribution >= 0.6 is 11.6 Å². The van der Waals surface area contributed by atoms with Crippen LogP contribution in [-0.4, -0.2) is 37.5 Å². The third-order valence-electron chi connectivity index (χ3n) is 5.32. The molecule has 5 nitrogen and oxygen atoms in total.